The van der Waals surface area contributed by atoms with Crippen molar-refractivity contribution < 1.29 is 32.3 Å². The van der Waals surface area contributed by atoms with Crippen LogP contribution in [0.5, 0.6) is 0 Å². The van der Waals surface area contributed by atoms with E-state index in [1.54, 1.807) is 0 Å². The minimum atomic E-state index is -4.62. The normalized spacial score (nSPS) is 19.6. The number of quaternary nitrogens is 1. The van der Waals surface area contributed by atoms with Crippen LogP contribution in [0.15, 0.2) is 48.0 Å². The Bertz CT molecular complexity index is 1010. The molecule has 8 heteroatoms. The topological polar surface area (TPSA) is 54.4 Å². The van der Waals surface area contributed by atoms with Gasteiger partial charge in [0.1, 0.15) is 18.0 Å². The number of benzene rings is 2. The molecule has 1 heterocycles. The second kappa shape index (κ2) is 6.56. The van der Waals surface area contributed by atoms with Gasteiger partial charge in [-0.3, -0.25) is 0 Å². The molecule has 1 unspecified atom stereocenters. The Morgan fingerprint density at radius 1 is 1.11 bits per heavy atom. The average molecular weight is 394 g/mol. The van der Waals surface area contributed by atoms with Crippen LogP contribution in [0.1, 0.15) is 23.6 Å². The molecule has 146 valence electrons. The van der Waals surface area contributed by atoms with Crippen molar-refractivity contribution in [3.05, 3.63) is 70.5 Å². The molecule has 0 spiro atoms. The molecule has 0 aliphatic carbocycles. The van der Waals surface area contributed by atoms with Crippen molar-refractivity contribution >= 4 is 23.1 Å². The molecule has 1 aliphatic heterocycles. The molecule has 0 aromatic heterocycles. The van der Waals surface area contributed by atoms with Gasteiger partial charge >= 0.3 is 18.1 Å². The van der Waals surface area contributed by atoms with E-state index in [9.17, 15) is 32.3 Å². The number of hydrogen-bond donors (Lipinski definition) is 1. The molecule has 1 atom stereocenters. The first-order valence-electron chi connectivity index (χ1n) is 8.26. The summed E-state index contributed by atoms with van der Waals surface area (Å²) in [6, 6.07) is 8.07. The Hall–Kier alpha value is -3.00. The molecule has 1 N–H and O–H groups in total. The van der Waals surface area contributed by atoms with Crippen molar-refractivity contribution in [2.24, 2.45) is 0 Å². The standard InChI is InChI=1S/C20H15F4NO3/c1-11-15-8-5-13(20(22,23)24)9-16(15)25(2,18(26)17(11)19(27)28)10-12-3-6-14(21)7-4-12/h3-9H,10H2,1-2H3/p+1. The Labute approximate surface area is 157 Å². The number of rotatable bonds is 3. The lowest BCUT2D eigenvalue weighted by atomic mass is 9.90. The Balaban J connectivity index is 2.25. The van der Waals surface area contributed by atoms with Crippen LogP contribution in [0.25, 0.3) is 5.57 Å². The molecule has 2 aromatic carbocycles. The number of fused-ring (bicyclic) bond motifs is 1. The van der Waals surface area contributed by atoms with Gasteiger partial charge in [0.15, 0.2) is 5.57 Å². The van der Waals surface area contributed by atoms with Gasteiger partial charge in [0.05, 0.1) is 12.6 Å². The van der Waals surface area contributed by atoms with Gasteiger partial charge in [-0.2, -0.15) is 13.2 Å². The molecule has 28 heavy (non-hydrogen) atoms. The maximum absolute atomic E-state index is 13.2. The van der Waals surface area contributed by atoms with E-state index < -0.39 is 39.5 Å². The number of nitrogens with zero attached hydrogens (tertiary/aromatic N) is 1. The lowest BCUT2D eigenvalue weighted by Gasteiger charge is -2.36. The minimum Gasteiger partial charge on any atom is -0.477 e. The lowest BCUT2D eigenvalue weighted by Crippen LogP contribution is -2.54. The molecule has 0 radical (unpaired) electrons. The number of amides is 1. The highest BCUT2D eigenvalue weighted by Crippen LogP contribution is 2.43. The second-order valence-corrected chi connectivity index (χ2v) is 6.82. The summed E-state index contributed by atoms with van der Waals surface area (Å²) in [5, 5.41) is 9.50. The molecule has 2 aromatic rings. The monoisotopic (exact) mass is 394 g/mol. The minimum absolute atomic E-state index is 0.0478. The van der Waals surface area contributed by atoms with Gasteiger partial charge in [-0.05, 0) is 36.8 Å². The summed E-state index contributed by atoms with van der Waals surface area (Å²) in [7, 11) is 1.36. The smallest absolute Gasteiger partial charge is 0.416 e. The highest BCUT2D eigenvalue weighted by Gasteiger charge is 2.47. The van der Waals surface area contributed by atoms with Crippen LogP contribution in [0, 0.1) is 5.82 Å². The molecule has 1 aliphatic rings. The number of halogens is 4. The average Bonchev–Trinajstić information content (AvgIpc) is 2.61. The number of aliphatic carboxylic acids is 1. The van der Waals surface area contributed by atoms with Gasteiger partial charge in [-0.25, -0.2) is 18.5 Å². The van der Waals surface area contributed by atoms with Crippen LogP contribution in [0.2, 0.25) is 0 Å². The Morgan fingerprint density at radius 3 is 2.25 bits per heavy atom. The number of carboxylic acids is 1. The summed E-state index contributed by atoms with van der Waals surface area (Å²) < 4.78 is 52.2. The highest BCUT2D eigenvalue weighted by molar-refractivity contribution is 6.26. The molecule has 3 rings (SSSR count). The maximum Gasteiger partial charge on any atom is 0.416 e. The number of carboxylic acid groups (broad SMARTS) is 1. The predicted molar refractivity (Wildman–Crippen MR) is 94.5 cm³/mol. The van der Waals surface area contributed by atoms with Gasteiger partial charge < -0.3 is 5.11 Å². The Morgan fingerprint density at radius 2 is 1.71 bits per heavy atom. The van der Waals surface area contributed by atoms with E-state index >= 15 is 0 Å². The maximum atomic E-state index is 13.2. The summed E-state index contributed by atoms with van der Waals surface area (Å²) in [6.07, 6.45) is -4.62. The van der Waals surface area contributed by atoms with Crippen molar-refractivity contribution in [1.82, 2.24) is 4.48 Å². The van der Waals surface area contributed by atoms with E-state index in [0.717, 1.165) is 12.1 Å². The number of hydrogen-bond acceptors (Lipinski definition) is 2. The first-order valence-corrected chi connectivity index (χ1v) is 8.26. The molecule has 0 fully saturated rings. The zero-order valence-electron chi connectivity index (χ0n) is 15.0. The summed E-state index contributed by atoms with van der Waals surface area (Å²) in [6.45, 7) is 1.27. The van der Waals surface area contributed by atoms with Gasteiger partial charge in [0.25, 0.3) is 0 Å². The fourth-order valence-electron chi connectivity index (χ4n) is 3.45. The van der Waals surface area contributed by atoms with Gasteiger partial charge in [0.2, 0.25) is 0 Å². The van der Waals surface area contributed by atoms with Gasteiger partial charge in [-0.15, -0.1) is 0 Å². The molecular weight excluding hydrogens is 378 g/mol. The SMILES string of the molecule is CC1=C(C(=O)O)C(=O)[N+](C)(Cc2ccc(F)cc2)c2cc(C(F)(F)F)ccc21. The van der Waals surface area contributed by atoms with Gasteiger partial charge in [-0.1, -0.05) is 12.1 Å². The summed E-state index contributed by atoms with van der Waals surface area (Å²) >= 11 is 0. The van der Waals surface area contributed by atoms with Crippen LogP contribution in [0.3, 0.4) is 0 Å². The molecule has 4 nitrogen and oxygen atoms in total. The predicted octanol–water partition coefficient (Wildman–Crippen LogP) is 4.38. The van der Waals surface area contributed by atoms with E-state index in [2.05, 4.69) is 0 Å². The van der Waals surface area contributed by atoms with Crippen LogP contribution >= 0.6 is 0 Å². The fourth-order valence-corrected chi connectivity index (χ4v) is 3.45. The van der Waals surface area contributed by atoms with E-state index in [1.807, 2.05) is 0 Å². The van der Waals surface area contributed by atoms with Crippen LogP contribution in [-0.4, -0.2) is 24.0 Å². The molecule has 0 saturated carbocycles. The van der Waals surface area contributed by atoms with Crippen molar-refractivity contribution in [2.75, 3.05) is 7.05 Å². The summed E-state index contributed by atoms with van der Waals surface area (Å²) in [5.41, 5.74) is -0.520. The lowest BCUT2D eigenvalue weighted by molar-refractivity contribution is -0.139. The van der Waals surface area contributed by atoms with E-state index in [1.165, 1.54) is 44.3 Å². The molecule has 0 saturated heterocycles. The summed E-state index contributed by atoms with van der Waals surface area (Å²) in [4.78, 5) is 24.8. The zero-order chi connectivity index (χ0) is 20.9. The van der Waals surface area contributed by atoms with Crippen molar-refractivity contribution in [1.29, 1.82) is 0 Å². The first kappa shape index (κ1) is 19.8. The van der Waals surface area contributed by atoms with Crippen LogP contribution < -0.4 is 4.48 Å². The Kier molecular flexibility index (Phi) is 4.63. The largest absolute Gasteiger partial charge is 0.477 e. The quantitative estimate of drug-likeness (QED) is 0.478. The van der Waals surface area contributed by atoms with Crippen molar-refractivity contribution in [3.63, 3.8) is 0 Å². The zero-order valence-corrected chi connectivity index (χ0v) is 15.0. The second-order valence-electron chi connectivity index (χ2n) is 6.82. The van der Waals surface area contributed by atoms with E-state index in [0.29, 0.717) is 5.56 Å². The van der Waals surface area contributed by atoms with Crippen LogP contribution in [0.4, 0.5) is 23.2 Å². The number of allylic oxidation sites excluding steroid dienone is 1. The van der Waals surface area contributed by atoms with E-state index in [-0.39, 0.29) is 23.4 Å². The molecule has 1 amide bonds. The van der Waals surface area contributed by atoms with E-state index in [4.69, 9.17) is 0 Å². The van der Waals surface area contributed by atoms with Crippen molar-refractivity contribution in [3.8, 4) is 0 Å². The van der Waals surface area contributed by atoms with Gasteiger partial charge in [0, 0.05) is 17.2 Å². The number of carbonyl (C=O) groups excluding carboxylic acids is 1. The molecular formula is C20H16F4NO3+. The van der Waals surface area contributed by atoms with Crippen LogP contribution in [-0.2, 0) is 22.3 Å². The number of alkyl halides is 3. The number of likely N-dealkylation sites (N-methyl/N-ethyl adjacent to an activating group) is 1. The number of carbonyl (C=O) groups is 2. The third-order valence-electron chi connectivity index (χ3n) is 4.92. The highest BCUT2D eigenvalue weighted by atomic mass is 19.4. The molecule has 0 bridgehead atoms. The summed E-state index contributed by atoms with van der Waals surface area (Å²) in [5.74, 6) is -2.78. The van der Waals surface area contributed by atoms with Crippen molar-refractivity contribution in [2.45, 2.75) is 19.6 Å². The fraction of sp³-hybridized carbons (Fsp3) is 0.200. The first-order chi connectivity index (χ1) is 12.9. The third-order valence-corrected chi connectivity index (χ3v) is 4.92. The third kappa shape index (κ3) is 3.20.